The molecule has 0 saturated carbocycles. The number of aliphatic hydroxyl groups excluding tert-OH is 1. The van der Waals surface area contributed by atoms with Crippen molar-refractivity contribution in [3.63, 3.8) is 0 Å². The van der Waals surface area contributed by atoms with Crippen molar-refractivity contribution in [3.8, 4) is 0 Å². The Morgan fingerprint density at radius 3 is 1.65 bits per heavy atom. The third kappa shape index (κ3) is 10.0. The van der Waals surface area contributed by atoms with E-state index in [1.165, 1.54) is 44.9 Å². The van der Waals surface area contributed by atoms with Crippen molar-refractivity contribution in [2.24, 2.45) is 0 Å². The molecule has 20 heavy (non-hydrogen) atoms. The first-order valence-corrected chi connectivity index (χ1v) is 14.7. The fraction of sp³-hybridized carbons (Fsp3) is 0.889. The Bertz CT molecular complexity index is 204. The van der Waals surface area contributed by atoms with E-state index in [0.717, 1.165) is 12.8 Å². The van der Waals surface area contributed by atoms with Crippen LogP contribution >= 0.6 is 0 Å². The molecular formula is C18H38GeO. The predicted molar refractivity (Wildman–Crippen MR) is 95.0 cm³/mol. The fourth-order valence-electron chi connectivity index (χ4n) is 2.92. The van der Waals surface area contributed by atoms with Crippen molar-refractivity contribution < 1.29 is 5.11 Å². The van der Waals surface area contributed by atoms with Crippen LogP contribution in [0.3, 0.4) is 0 Å². The molecule has 0 saturated heterocycles. The van der Waals surface area contributed by atoms with Crippen LogP contribution in [-0.2, 0) is 0 Å². The molecule has 0 aliphatic heterocycles. The van der Waals surface area contributed by atoms with Gasteiger partial charge < -0.3 is 0 Å². The summed E-state index contributed by atoms with van der Waals surface area (Å²) < 4.78 is 0. The van der Waals surface area contributed by atoms with E-state index in [-0.39, 0.29) is 0 Å². The minimum absolute atomic E-state index is 0.349. The Kier molecular flexibility index (Phi) is 14.4. The van der Waals surface area contributed by atoms with Gasteiger partial charge in [-0.3, -0.25) is 0 Å². The second-order valence-corrected chi connectivity index (χ2v) is 15.9. The van der Waals surface area contributed by atoms with Crippen LogP contribution < -0.4 is 0 Å². The zero-order valence-corrected chi connectivity index (χ0v) is 16.4. The molecule has 0 aromatic rings. The van der Waals surface area contributed by atoms with Gasteiger partial charge in [-0.05, 0) is 0 Å². The number of aliphatic hydroxyl groups is 1. The van der Waals surface area contributed by atoms with Gasteiger partial charge in [-0.25, -0.2) is 0 Å². The quantitative estimate of drug-likeness (QED) is 0.299. The summed E-state index contributed by atoms with van der Waals surface area (Å²) in [6, 6.07) is 0. The van der Waals surface area contributed by atoms with E-state index in [4.69, 9.17) is 5.11 Å². The average Bonchev–Trinajstić information content (AvgIpc) is 2.48. The van der Waals surface area contributed by atoms with Crippen molar-refractivity contribution in [1.82, 2.24) is 0 Å². The third-order valence-corrected chi connectivity index (χ3v) is 14.8. The summed E-state index contributed by atoms with van der Waals surface area (Å²) in [5, 5.41) is 13.5. The fourth-order valence-corrected chi connectivity index (χ4v) is 13.6. The Morgan fingerprint density at radius 1 is 0.750 bits per heavy atom. The average molecular weight is 343 g/mol. The van der Waals surface area contributed by atoms with E-state index in [2.05, 4.69) is 31.8 Å². The molecule has 1 nitrogen and oxygen atoms in total. The molecule has 0 aromatic heterocycles. The minimum atomic E-state index is -1.73. The second-order valence-electron chi connectivity index (χ2n) is 6.29. The summed E-state index contributed by atoms with van der Waals surface area (Å²) in [4.78, 5) is 2.73. The van der Waals surface area contributed by atoms with Gasteiger partial charge >= 0.3 is 130 Å². The first-order valence-electron chi connectivity index (χ1n) is 9.03. The van der Waals surface area contributed by atoms with Crippen LogP contribution in [-0.4, -0.2) is 25.0 Å². The van der Waals surface area contributed by atoms with E-state index in [1.54, 1.807) is 15.8 Å². The maximum atomic E-state index is 8.86. The number of hydrogen-bond donors (Lipinski definition) is 1. The number of hydrogen-bond acceptors (Lipinski definition) is 1. The first kappa shape index (κ1) is 20.2. The third-order valence-electron chi connectivity index (χ3n) is 4.33. The Hall–Kier alpha value is 0.243. The summed E-state index contributed by atoms with van der Waals surface area (Å²) in [6.07, 6.45) is 14.1. The standard InChI is InChI=1S/C18H38GeO/c1-4-7-14-19(15-8-5-2,16-9-6-3)17-12-10-11-13-18-20/h12,17,20H,4-11,13-16,18H2,1-3H3/b17-12+. The molecular weight excluding hydrogens is 305 g/mol. The topological polar surface area (TPSA) is 20.2 Å². The molecule has 0 rings (SSSR count). The number of rotatable bonds is 14. The molecule has 120 valence electrons. The van der Waals surface area contributed by atoms with Crippen LogP contribution in [0, 0.1) is 0 Å². The van der Waals surface area contributed by atoms with E-state index in [9.17, 15) is 0 Å². The second kappa shape index (κ2) is 14.2. The molecule has 0 aromatic carbocycles. The Balaban J connectivity index is 4.56. The molecule has 0 aliphatic rings. The van der Waals surface area contributed by atoms with Gasteiger partial charge in [0.1, 0.15) is 0 Å². The van der Waals surface area contributed by atoms with Crippen molar-refractivity contribution in [2.75, 3.05) is 6.61 Å². The Morgan fingerprint density at radius 2 is 1.25 bits per heavy atom. The van der Waals surface area contributed by atoms with Crippen molar-refractivity contribution in [1.29, 1.82) is 0 Å². The van der Waals surface area contributed by atoms with Crippen LogP contribution in [0.1, 0.15) is 78.6 Å². The van der Waals surface area contributed by atoms with Gasteiger partial charge in [-0.15, -0.1) is 0 Å². The van der Waals surface area contributed by atoms with Crippen molar-refractivity contribution >= 4 is 13.3 Å². The molecule has 0 unspecified atom stereocenters. The summed E-state index contributed by atoms with van der Waals surface area (Å²) >= 11 is -1.73. The van der Waals surface area contributed by atoms with Gasteiger partial charge in [-0.2, -0.15) is 0 Å². The normalized spacial score (nSPS) is 12.4. The zero-order valence-electron chi connectivity index (χ0n) is 14.3. The van der Waals surface area contributed by atoms with Crippen LogP contribution in [0.4, 0.5) is 0 Å². The van der Waals surface area contributed by atoms with Gasteiger partial charge in [0, 0.05) is 0 Å². The van der Waals surface area contributed by atoms with Crippen LogP contribution in [0.25, 0.3) is 0 Å². The predicted octanol–water partition coefficient (Wildman–Crippen LogP) is 6.09. The summed E-state index contributed by atoms with van der Waals surface area (Å²) in [6.45, 7) is 7.34. The van der Waals surface area contributed by atoms with Crippen LogP contribution in [0.5, 0.6) is 0 Å². The molecule has 0 aliphatic carbocycles. The number of unbranched alkanes of at least 4 members (excludes halogenated alkanes) is 5. The van der Waals surface area contributed by atoms with Gasteiger partial charge in [0.25, 0.3) is 0 Å². The van der Waals surface area contributed by atoms with Crippen LogP contribution in [0.15, 0.2) is 11.0 Å². The maximum absolute atomic E-state index is 8.86. The van der Waals surface area contributed by atoms with E-state index >= 15 is 0 Å². The molecule has 2 heteroatoms. The van der Waals surface area contributed by atoms with Gasteiger partial charge in [0.15, 0.2) is 0 Å². The summed E-state index contributed by atoms with van der Waals surface area (Å²) in [5.41, 5.74) is 0. The monoisotopic (exact) mass is 344 g/mol. The van der Waals surface area contributed by atoms with Gasteiger partial charge in [-0.1, -0.05) is 0 Å². The SMILES string of the molecule is CCC[CH2][Ge](/[CH]=C/CCCCO)([CH2]CCC)[CH2]CCC. The summed E-state index contributed by atoms with van der Waals surface area (Å²) in [7, 11) is 0. The zero-order chi connectivity index (χ0) is 15.1. The molecule has 0 atom stereocenters. The summed E-state index contributed by atoms with van der Waals surface area (Å²) in [5.74, 6) is 0. The molecule has 0 fully saturated rings. The molecule has 0 bridgehead atoms. The van der Waals surface area contributed by atoms with Gasteiger partial charge in [0.2, 0.25) is 0 Å². The molecule has 0 spiro atoms. The van der Waals surface area contributed by atoms with E-state index in [1.807, 2.05) is 0 Å². The molecule has 0 radical (unpaired) electrons. The molecule has 0 heterocycles. The first-order chi connectivity index (χ1) is 9.74. The number of allylic oxidation sites excluding steroid dienone is 1. The van der Waals surface area contributed by atoms with Crippen molar-refractivity contribution in [2.45, 2.75) is 94.3 Å². The van der Waals surface area contributed by atoms with Gasteiger partial charge in [0.05, 0.1) is 0 Å². The van der Waals surface area contributed by atoms with Crippen molar-refractivity contribution in [3.05, 3.63) is 11.0 Å². The van der Waals surface area contributed by atoms with Crippen LogP contribution in [0.2, 0.25) is 15.8 Å². The van der Waals surface area contributed by atoms with E-state index in [0.29, 0.717) is 6.61 Å². The van der Waals surface area contributed by atoms with E-state index < -0.39 is 13.3 Å². The Labute approximate surface area is 130 Å². The molecule has 1 N–H and O–H groups in total. The molecule has 0 amide bonds.